The number of nitrogens with one attached hydrogen (secondary N) is 2. The Labute approximate surface area is 198 Å². The minimum Gasteiger partial charge on any atom is -0.431 e. The molecule has 4 fully saturated rings. The number of fused-ring (bicyclic) bond motifs is 5. The van der Waals surface area contributed by atoms with Crippen LogP contribution in [0, 0.1) is 34.5 Å². The third-order valence-corrected chi connectivity index (χ3v) is 11.0. The Bertz CT molecular complexity index is 950. The summed E-state index contributed by atoms with van der Waals surface area (Å²) in [6.07, 6.45) is 11.2. The summed E-state index contributed by atoms with van der Waals surface area (Å²) in [7, 11) is 0. The molecule has 0 radical (unpaired) electrons. The van der Waals surface area contributed by atoms with Crippen molar-refractivity contribution in [3.63, 3.8) is 0 Å². The van der Waals surface area contributed by atoms with Crippen molar-refractivity contribution in [2.24, 2.45) is 34.5 Å². The molecule has 1 aromatic heterocycles. The van der Waals surface area contributed by atoms with Gasteiger partial charge in [-0.05, 0) is 104 Å². The maximum Gasteiger partial charge on any atom is 0.335 e. The maximum atomic E-state index is 12.3. The molecular weight excluding hydrogens is 440 g/mol. The van der Waals surface area contributed by atoms with E-state index in [1.54, 1.807) is 6.26 Å². The first-order valence-corrected chi connectivity index (χ1v) is 13.7. The lowest BCUT2D eigenvalue weighted by Crippen LogP contribution is -2.62. The fraction of sp³-hybridized carbons (Fsp3) is 0.800. The van der Waals surface area contributed by atoms with Crippen LogP contribution in [-0.2, 0) is 11.3 Å². The number of hydrogen-bond acceptors (Lipinski definition) is 5. The Balaban J connectivity index is 1.34. The smallest absolute Gasteiger partial charge is 0.335 e. The molecule has 0 spiro atoms. The Morgan fingerprint density at radius 3 is 2.64 bits per heavy atom. The van der Waals surface area contributed by atoms with Gasteiger partial charge in [-0.2, -0.15) is 4.83 Å². The average molecular weight is 479 g/mol. The third-order valence-electron chi connectivity index (χ3n) is 10.6. The van der Waals surface area contributed by atoms with E-state index in [-0.39, 0.29) is 22.4 Å². The lowest BCUT2D eigenvalue weighted by atomic mass is 9.43. The topological polar surface area (TPSA) is 112 Å². The van der Waals surface area contributed by atoms with Crippen LogP contribution in [0.3, 0.4) is 0 Å². The molecule has 4 saturated carbocycles. The van der Waals surface area contributed by atoms with Crippen LogP contribution in [0.1, 0.15) is 83.1 Å². The summed E-state index contributed by atoms with van der Waals surface area (Å²) >= 11 is -2.03. The molecule has 1 heterocycles. The van der Waals surface area contributed by atoms with Gasteiger partial charge in [0.15, 0.2) is 0 Å². The Kier molecular flexibility index (Phi) is 6.14. The van der Waals surface area contributed by atoms with Crippen molar-refractivity contribution in [2.75, 3.05) is 6.54 Å². The van der Waals surface area contributed by atoms with Gasteiger partial charge in [0.05, 0.1) is 11.9 Å². The quantitative estimate of drug-likeness (QED) is 0.379. The molecule has 0 amide bonds. The fourth-order valence-electron chi connectivity index (χ4n) is 8.85. The highest BCUT2D eigenvalue weighted by Crippen LogP contribution is 2.70. The zero-order chi connectivity index (χ0) is 23.4. The van der Waals surface area contributed by atoms with Crippen LogP contribution < -0.4 is 15.9 Å². The summed E-state index contributed by atoms with van der Waals surface area (Å²) in [5.41, 5.74) is 3.04. The van der Waals surface area contributed by atoms with Crippen molar-refractivity contribution in [3.8, 4) is 0 Å². The molecule has 0 aromatic carbocycles. The van der Waals surface area contributed by atoms with Crippen LogP contribution >= 0.6 is 0 Å². The molecule has 0 saturated heterocycles. The van der Waals surface area contributed by atoms with E-state index in [1.165, 1.54) is 6.07 Å². The highest BCUT2D eigenvalue weighted by atomic mass is 32.2. The summed E-state index contributed by atoms with van der Waals surface area (Å²) in [6.45, 7) is 5.47. The zero-order valence-electron chi connectivity index (χ0n) is 19.7. The molecular formula is C25H38N2O5S. The van der Waals surface area contributed by atoms with E-state index < -0.39 is 16.9 Å². The first-order chi connectivity index (χ1) is 15.7. The van der Waals surface area contributed by atoms with Crippen LogP contribution in [-0.4, -0.2) is 26.0 Å². The van der Waals surface area contributed by atoms with Crippen molar-refractivity contribution >= 4 is 11.3 Å². The van der Waals surface area contributed by atoms with E-state index in [1.807, 2.05) is 6.07 Å². The molecule has 1 unspecified atom stereocenters. The lowest BCUT2D eigenvalue weighted by molar-refractivity contribution is -0.203. The lowest BCUT2D eigenvalue weighted by Gasteiger charge is -2.64. The second-order valence-corrected chi connectivity index (χ2v) is 12.4. The predicted octanol–water partition coefficient (Wildman–Crippen LogP) is 3.73. The minimum absolute atomic E-state index is 0.190. The SMILES string of the molecule is C[C@]12CC[C@H](CNNS(=O)O)C[C@H]1CC[C@@H]1[C@@H]2CC[C@]2(C)[C@@H](c3ccc(=O)oc3)CC[C@]12O. The molecule has 7 nitrogen and oxygen atoms in total. The monoisotopic (exact) mass is 478 g/mol. The van der Waals surface area contributed by atoms with Gasteiger partial charge in [0.1, 0.15) is 0 Å². The Morgan fingerprint density at radius 1 is 1.09 bits per heavy atom. The van der Waals surface area contributed by atoms with E-state index in [0.29, 0.717) is 30.2 Å². The maximum absolute atomic E-state index is 12.3. The Morgan fingerprint density at radius 2 is 1.91 bits per heavy atom. The van der Waals surface area contributed by atoms with E-state index in [0.717, 1.165) is 63.4 Å². The van der Waals surface area contributed by atoms with Crippen molar-refractivity contribution in [1.29, 1.82) is 0 Å². The van der Waals surface area contributed by atoms with E-state index >= 15 is 0 Å². The van der Waals surface area contributed by atoms with Gasteiger partial charge in [-0.15, -0.1) is 0 Å². The third kappa shape index (κ3) is 3.77. The number of hydrogen-bond donors (Lipinski definition) is 4. The molecule has 1 aromatic rings. The van der Waals surface area contributed by atoms with Crippen molar-refractivity contribution < 1.29 is 18.3 Å². The molecule has 4 aliphatic carbocycles. The predicted molar refractivity (Wildman–Crippen MR) is 126 cm³/mol. The zero-order valence-corrected chi connectivity index (χ0v) is 20.5. The van der Waals surface area contributed by atoms with Gasteiger partial charge in [0.2, 0.25) is 11.3 Å². The molecule has 4 N–H and O–H groups in total. The van der Waals surface area contributed by atoms with Gasteiger partial charge in [0, 0.05) is 18.0 Å². The van der Waals surface area contributed by atoms with Gasteiger partial charge in [-0.25, -0.2) is 14.4 Å². The summed E-state index contributed by atoms with van der Waals surface area (Å²) in [5, 5.41) is 12.3. The van der Waals surface area contributed by atoms with Crippen LogP contribution in [0.5, 0.6) is 0 Å². The van der Waals surface area contributed by atoms with E-state index in [2.05, 4.69) is 24.1 Å². The largest absolute Gasteiger partial charge is 0.431 e. The second-order valence-electron chi connectivity index (χ2n) is 11.7. The molecule has 33 heavy (non-hydrogen) atoms. The minimum atomic E-state index is -2.03. The fourth-order valence-corrected chi connectivity index (χ4v) is 9.06. The molecule has 5 rings (SSSR count). The summed E-state index contributed by atoms with van der Waals surface area (Å²) < 4.78 is 25.0. The number of rotatable bonds is 5. The number of aliphatic hydroxyl groups is 1. The standard InChI is InChI=1S/C25H38N2O5S/c1-23-10-7-16(14-26-27-33(30)31)13-18(23)4-5-21-20(23)8-11-24(2)19(9-12-25(21,24)29)17-3-6-22(28)32-15-17/h3,6,15-16,18-21,26-27,29H,4-5,7-14H2,1-2H3,(H,30,31)/t16-,18+,19+,20-,21+,23-,24+,25-/m0/s1. The average Bonchev–Trinajstić information content (AvgIpc) is 3.05. The molecule has 184 valence electrons. The first-order valence-electron chi connectivity index (χ1n) is 12.6. The van der Waals surface area contributed by atoms with Gasteiger partial charge < -0.3 is 9.52 Å². The van der Waals surface area contributed by atoms with Gasteiger partial charge in [-0.1, -0.05) is 13.8 Å². The highest BCUT2D eigenvalue weighted by Gasteiger charge is 2.67. The van der Waals surface area contributed by atoms with E-state index in [4.69, 9.17) is 8.97 Å². The molecule has 9 atom stereocenters. The Hall–Kier alpha value is -1.06. The molecule has 0 aliphatic heterocycles. The van der Waals surface area contributed by atoms with Crippen LogP contribution in [0.25, 0.3) is 0 Å². The number of hydrazine groups is 1. The van der Waals surface area contributed by atoms with Crippen LogP contribution in [0.15, 0.2) is 27.6 Å². The normalized spacial score (nSPS) is 45.6. The second kappa shape index (κ2) is 8.55. The van der Waals surface area contributed by atoms with Gasteiger partial charge in [-0.3, -0.25) is 4.55 Å². The van der Waals surface area contributed by atoms with Crippen LogP contribution in [0.2, 0.25) is 0 Å². The molecule has 4 aliphatic rings. The van der Waals surface area contributed by atoms with Gasteiger partial charge >= 0.3 is 5.63 Å². The summed E-state index contributed by atoms with van der Waals surface area (Å²) in [4.78, 5) is 13.9. The van der Waals surface area contributed by atoms with Crippen LogP contribution in [0.4, 0.5) is 0 Å². The van der Waals surface area contributed by atoms with E-state index in [9.17, 15) is 14.1 Å². The molecule has 0 bridgehead atoms. The highest BCUT2D eigenvalue weighted by molar-refractivity contribution is 7.77. The summed E-state index contributed by atoms with van der Waals surface area (Å²) in [5.74, 6) is 2.25. The first kappa shape index (κ1) is 23.7. The molecule has 8 heteroatoms. The summed E-state index contributed by atoms with van der Waals surface area (Å²) in [6, 6.07) is 3.41. The van der Waals surface area contributed by atoms with Crippen molar-refractivity contribution in [2.45, 2.75) is 83.2 Å². The van der Waals surface area contributed by atoms with Gasteiger partial charge in [0.25, 0.3) is 0 Å². The van der Waals surface area contributed by atoms with Crippen molar-refractivity contribution in [3.05, 3.63) is 34.4 Å². The van der Waals surface area contributed by atoms with Crippen molar-refractivity contribution in [1.82, 2.24) is 10.3 Å².